The van der Waals surface area contributed by atoms with E-state index in [0.717, 1.165) is 10.2 Å². The van der Waals surface area contributed by atoms with Crippen molar-refractivity contribution in [2.75, 3.05) is 25.6 Å². The van der Waals surface area contributed by atoms with E-state index in [1.807, 2.05) is 24.3 Å². The maximum absolute atomic E-state index is 9.64. The number of ether oxygens (including phenoxy) is 1. The highest BCUT2D eigenvalue weighted by atomic mass is 79.9. The summed E-state index contributed by atoms with van der Waals surface area (Å²) in [5.74, 6) is 0.260. The lowest BCUT2D eigenvalue weighted by Gasteiger charge is -2.37. The fourth-order valence-electron chi connectivity index (χ4n) is 1.69. The maximum Gasteiger partial charge on any atom is 0.0860 e. The summed E-state index contributed by atoms with van der Waals surface area (Å²) >= 11 is 3.40. The Morgan fingerprint density at radius 2 is 1.94 bits per heavy atom. The summed E-state index contributed by atoms with van der Waals surface area (Å²) in [6, 6.07) is 7.90. The van der Waals surface area contributed by atoms with Crippen LogP contribution in [0.25, 0.3) is 0 Å². The fraction of sp³-hybridized carbons (Fsp3) is 0.538. The highest BCUT2D eigenvalue weighted by molar-refractivity contribution is 9.10. The first kappa shape index (κ1) is 14.5. The van der Waals surface area contributed by atoms with Crippen LogP contribution in [0.4, 0.5) is 5.69 Å². The molecule has 3 nitrogen and oxygen atoms in total. The third kappa shape index (κ3) is 3.69. The van der Waals surface area contributed by atoms with E-state index in [4.69, 9.17) is 4.74 Å². The van der Waals surface area contributed by atoms with Gasteiger partial charge in [0, 0.05) is 17.3 Å². The molecule has 1 aromatic rings. The molecular weight excluding hydrogens is 282 g/mol. The Morgan fingerprint density at radius 1 is 1.35 bits per heavy atom. The largest absolute Gasteiger partial charge is 0.394 e. The van der Waals surface area contributed by atoms with Crippen molar-refractivity contribution in [3.63, 3.8) is 0 Å². The van der Waals surface area contributed by atoms with Gasteiger partial charge in [-0.15, -0.1) is 0 Å². The smallest absolute Gasteiger partial charge is 0.0860 e. The van der Waals surface area contributed by atoms with Crippen LogP contribution >= 0.6 is 15.9 Å². The lowest BCUT2D eigenvalue weighted by Crippen LogP contribution is -2.51. The Morgan fingerprint density at radius 3 is 2.35 bits per heavy atom. The molecule has 1 unspecified atom stereocenters. The van der Waals surface area contributed by atoms with Gasteiger partial charge in [-0.05, 0) is 30.2 Å². The molecule has 1 aromatic carbocycles. The monoisotopic (exact) mass is 301 g/mol. The SMILES string of the molecule is COCC(CO)(Nc1ccc(Br)cc1)C(C)C. The quantitative estimate of drug-likeness (QED) is 0.849. The Kier molecular flexibility index (Phi) is 5.43. The summed E-state index contributed by atoms with van der Waals surface area (Å²) in [5, 5.41) is 13.0. The maximum atomic E-state index is 9.64. The molecule has 0 aliphatic rings. The summed E-state index contributed by atoms with van der Waals surface area (Å²) in [6.45, 7) is 4.65. The summed E-state index contributed by atoms with van der Waals surface area (Å²) in [5.41, 5.74) is 0.538. The summed E-state index contributed by atoms with van der Waals surface area (Å²) in [6.07, 6.45) is 0. The average Bonchev–Trinajstić information content (AvgIpc) is 2.31. The van der Waals surface area contributed by atoms with Crippen molar-refractivity contribution >= 4 is 21.6 Å². The second-order valence-electron chi connectivity index (χ2n) is 4.53. The van der Waals surface area contributed by atoms with E-state index in [1.54, 1.807) is 7.11 Å². The van der Waals surface area contributed by atoms with Crippen LogP contribution in [0.2, 0.25) is 0 Å². The molecule has 0 heterocycles. The minimum absolute atomic E-state index is 0.0363. The molecule has 0 spiro atoms. The van der Waals surface area contributed by atoms with Crippen LogP contribution in [0.5, 0.6) is 0 Å². The predicted molar refractivity (Wildman–Crippen MR) is 74.3 cm³/mol. The van der Waals surface area contributed by atoms with Gasteiger partial charge in [-0.1, -0.05) is 29.8 Å². The minimum atomic E-state index is -0.442. The van der Waals surface area contributed by atoms with E-state index in [0.29, 0.717) is 6.61 Å². The van der Waals surface area contributed by atoms with Crippen LogP contribution < -0.4 is 5.32 Å². The van der Waals surface area contributed by atoms with Gasteiger partial charge in [0.2, 0.25) is 0 Å². The zero-order chi connectivity index (χ0) is 12.9. The highest BCUT2D eigenvalue weighted by Crippen LogP contribution is 2.24. The third-order valence-electron chi connectivity index (χ3n) is 3.03. The van der Waals surface area contributed by atoms with Crippen LogP contribution in [-0.2, 0) is 4.74 Å². The van der Waals surface area contributed by atoms with Crippen molar-refractivity contribution < 1.29 is 9.84 Å². The lowest BCUT2D eigenvalue weighted by molar-refractivity contribution is 0.0724. The molecular formula is C13H20BrNO2. The van der Waals surface area contributed by atoms with Gasteiger partial charge < -0.3 is 15.2 Å². The molecule has 0 aliphatic heterocycles. The van der Waals surface area contributed by atoms with Crippen LogP contribution in [0.3, 0.4) is 0 Å². The van der Waals surface area contributed by atoms with E-state index in [2.05, 4.69) is 35.1 Å². The first-order valence-electron chi connectivity index (χ1n) is 5.67. The number of hydrogen-bond donors (Lipinski definition) is 2. The van der Waals surface area contributed by atoms with Gasteiger partial charge in [-0.2, -0.15) is 0 Å². The first-order valence-corrected chi connectivity index (χ1v) is 6.47. The van der Waals surface area contributed by atoms with Crippen molar-refractivity contribution in [1.82, 2.24) is 0 Å². The number of anilines is 1. The number of aliphatic hydroxyl groups is 1. The second kappa shape index (κ2) is 6.38. The Labute approximate surface area is 111 Å². The van der Waals surface area contributed by atoms with Crippen LogP contribution in [0.15, 0.2) is 28.7 Å². The zero-order valence-corrected chi connectivity index (χ0v) is 12.1. The van der Waals surface area contributed by atoms with Gasteiger partial charge in [-0.3, -0.25) is 0 Å². The second-order valence-corrected chi connectivity index (χ2v) is 5.45. The number of nitrogens with one attached hydrogen (secondary N) is 1. The summed E-state index contributed by atoms with van der Waals surface area (Å²) < 4.78 is 6.26. The molecule has 0 aromatic heterocycles. The zero-order valence-electron chi connectivity index (χ0n) is 10.5. The standard InChI is InChI=1S/C13H20BrNO2/c1-10(2)13(8-16,9-17-3)15-12-6-4-11(14)5-7-12/h4-7,10,15-16H,8-9H2,1-3H3. The number of hydrogen-bond acceptors (Lipinski definition) is 3. The molecule has 1 atom stereocenters. The molecule has 2 N–H and O–H groups in total. The molecule has 0 fully saturated rings. The number of aliphatic hydroxyl groups excluding tert-OH is 1. The van der Waals surface area contributed by atoms with E-state index in [9.17, 15) is 5.11 Å². The topological polar surface area (TPSA) is 41.5 Å². The lowest BCUT2D eigenvalue weighted by atomic mass is 9.87. The molecule has 0 saturated heterocycles. The predicted octanol–water partition coefficient (Wildman–Crippen LogP) is 2.89. The van der Waals surface area contributed by atoms with E-state index < -0.39 is 5.54 Å². The molecule has 96 valence electrons. The van der Waals surface area contributed by atoms with E-state index in [-0.39, 0.29) is 12.5 Å². The van der Waals surface area contributed by atoms with Gasteiger partial charge in [-0.25, -0.2) is 0 Å². The number of benzene rings is 1. The van der Waals surface area contributed by atoms with E-state index in [1.165, 1.54) is 0 Å². The third-order valence-corrected chi connectivity index (χ3v) is 3.56. The van der Waals surface area contributed by atoms with Crippen molar-refractivity contribution in [3.05, 3.63) is 28.7 Å². The van der Waals surface area contributed by atoms with Gasteiger partial charge in [0.1, 0.15) is 0 Å². The number of rotatable bonds is 6. The molecule has 0 saturated carbocycles. The average molecular weight is 302 g/mol. The molecule has 0 bridgehead atoms. The molecule has 0 aliphatic carbocycles. The fourth-order valence-corrected chi connectivity index (χ4v) is 1.96. The Hall–Kier alpha value is -0.580. The number of methoxy groups -OCH3 is 1. The van der Waals surface area contributed by atoms with Gasteiger partial charge in [0.15, 0.2) is 0 Å². The van der Waals surface area contributed by atoms with Gasteiger partial charge >= 0.3 is 0 Å². The molecule has 4 heteroatoms. The van der Waals surface area contributed by atoms with Gasteiger partial charge in [0.05, 0.1) is 18.8 Å². The van der Waals surface area contributed by atoms with Crippen molar-refractivity contribution in [2.45, 2.75) is 19.4 Å². The van der Waals surface area contributed by atoms with Gasteiger partial charge in [0.25, 0.3) is 0 Å². The molecule has 0 radical (unpaired) electrons. The first-order chi connectivity index (χ1) is 8.04. The van der Waals surface area contributed by atoms with Crippen molar-refractivity contribution in [1.29, 1.82) is 0 Å². The van der Waals surface area contributed by atoms with Crippen molar-refractivity contribution in [2.24, 2.45) is 5.92 Å². The highest BCUT2D eigenvalue weighted by Gasteiger charge is 2.33. The molecule has 0 amide bonds. The minimum Gasteiger partial charge on any atom is -0.394 e. The van der Waals surface area contributed by atoms with Crippen LogP contribution in [-0.4, -0.2) is 31.0 Å². The Bertz CT molecular complexity index is 340. The summed E-state index contributed by atoms with van der Waals surface area (Å²) in [7, 11) is 1.65. The molecule has 17 heavy (non-hydrogen) atoms. The Balaban J connectivity index is 2.88. The van der Waals surface area contributed by atoms with Crippen LogP contribution in [0.1, 0.15) is 13.8 Å². The van der Waals surface area contributed by atoms with Crippen LogP contribution in [0, 0.1) is 5.92 Å². The van der Waals surface area contributed by atoms with Crippen molar-refractivity contribution in [3.8, 4) is 0 Å². The molecule has 1 rings (SSSR count). The normalized spacial score (nSPS) is 14.7. The van der Waals surface area contributed by atoms with E-state index >= 15 is 0 Å². The number of halogens is 1. The summed E-state index contributed by atoms with van der Waals surface area (Å²) in [4.78, 5) is 0.